The summed E-state index contributed by atoms with van der Waals surface area (Å²) < 4.78 is 11.2. The van der Waals surface area contributed by atoms with Crippen LogP contribution in [-0.2, 0) is 16.8 Å². The van der Waals surface area contributed by atoms with Crippen LogP contribution in [0.2, 0.25) is 0 Å². The zero-order chi connectivity index (χ0) is 15.3. The molecule has 1 N–H and O–H groups in total. The third kappa shape index (κ3) is 4.04. The minimum Gasteiger partial charge on any atom is -0.370 e. The fourth-order valence-corrected chi connectivity index (χ4v) is 3.30. The summed E-state index contributed by atoms with van der Waals surface area (Å²) in [5.74, 6) is 2.11. The Morgan fingerprint density at radius 3 is 2.62 bits per heavy atom. The molecule has 1 atom stereocenters. The molecule has 1 aromatic rings. The van der Waals surface area contributed by atoms with E-state index in [1.807, 2.05) is 0 Å². The molecule has 2 rings (SSSR count). The van der Waals surface area contributed by atoms with Crippen molar-refractivity contribution in [3.8, 4) is 0 Å². The number of likely N-dealkylation sites (N-methyl/N-ethyl adjacent to an activating group) is 1. The molecule has 0 aromatic carbocycles. The Morgan fingerprint density at radius 2 is 2.05 bits per heavy atom. The fraction of sp³-hybridized carbons (Fsp3) is 0.875. The molecule has 1 heterocycles. The van der Waals surface area contributed by atoms with E-state index in [2.05, 4.69) is 36.2 Å². The minimum atomic E-state index is -0.312. The number of nitrogens with one attached hydrogen (secondary N) is 1. The number of hydrogen-bond donors (Lipinski definition) is 1. The number of rotatable bonds is 8. The van der Waals surface area contributed by atoms with Crippen molar-refractivity contribution >= 4 is 0 Å². The first-order valence-electron chi connectivity index (χ1n) is 8.21. The smallest absolute Gasteiger partial charge is 0.228 e. The molecule has 0 spiro atoms. The monoisotopic (exact) mass is 295 g/mol. The van der Waals surface area contributed by atoms with Gasteiger partial charge in [0.2, 0.25) is 11.7 Å². The van der Waals surface area contributed by atoms with E-state index < -0.39 is 0 Å². The van der Waals surface area contributed by atoms with Crippen molar-refractivity contribution in [1.82, 2.24) is 15.5 Å². The third-order valence-electron chi connectivity index (χ3n) is 4.35. The molecule has 120 valence electrons. The highest BCUT2D eigenvalue weighted by molar-refractivity contribution is 5.05. The van der Waals surface area contributed by atoms with Crippen LogP contribution in [0.4, 0.5) is 0 Å². The van der Waals surface area contributed by atoms with Gasteiger partial charge in [0, 0.05) is 19.6 Å². The first kappa shape index (κ1) is 16.4. The lowest BCUT2D eigenvalue weighted by Gasteiger charge is -2.22. The molecule has 0 saturated heterocycles. The molecule has 1 aliphatic rings. The van der Waals surface area contributed by atoms with E-state index in [4.69, 9.17) is 9.26 Å². The fourth-order valence-electron chi connectivity index (χ4n) is 3.30. The second-order valence-electron chi connectivity index (χ2n) is 6.51. The lowest BCUT2D eigenvalue weighted by Crippen LogP contribution is -2.32. The van der Waals surface area contributed by atoms with E-state index in [-0.39, 0.29) is 5.60 Å². The summed E-state index contributed by atoms with van der Waals surface area (Å²) >= 11 is 0. The SMILES string of the molecule is CCNC(Cc1nc(C2(OC)CCCC2)no1)CC(C)C. The van der Waals surface area contributed by atoms with Crippen LogP contribution in [0.15, 0.2) is 4.52 Å². The summed E-state index contributed by atoms with van der Waals surface area (Å²) in [6.07, 6.45) is 6.23. The van der Waals surface area contributed by atoms with Crippen LogP contribution in [-0.4, -0.2) is 29.8 Å². The van der Waals surface area contributed by atoms with Gasteiger partial charge >= 0.3 is 0 Å². The third-order valence-corrected chi connectivity index (χ3v) is 4.35. The molecule has 5 nitrogen and oxygen atoms in total. The average molecular weight is 295 g/mol. The Kier molecular flexibility index (Phi) is 5.76. The molecule has 1 saturated carbocycles. The quantitative estimate of drug-likeness (QED) is 0.798. The highest BCUT2D eigenvalue weighted by Crippen LogP contribution is 2.40. The maximum Gasteiger partial charge on any atom is 0.228 e. The van der Waals surface area contributed by atoms with Gasteiger partial charge in [0.25, 0.3) is 0 Å². The van der Waals surface area contributed by atoms with Crippen molar-refractivity contribution in [2.24, 2.45) is 5.92 Å². The highest BCUT2D eigenvalue weighted by Gasteiger charge is 2.40. The number of hydrogen-bond acceptors (Lipinski definition) is 5. The minimum absolute atomic E-state index is 0.312. The van der Waals surface area contributed by atoms with Gasteiger partial charge in [0.1, 0.15) is 5.60 Å². The van der Waals surface area contributed by atoms with Gasteiger partial charge in [0.05, 0.1) is 0 Å². The number of ether oxygens (including phenoxy) is 1. The molecule has 5 heteroatoms. The van der Waals surface area contributed by atoms with E-state index in [9.17, 15) is 0 Å². The van der Waals surface area contributed by atoms with Crippen LogP contribution < -0.4 is 5.32 Å². The maximum atomic E-state index is 5.71. The van der Waals surface area contributed by atoms with Crippen LogP contribution in [0.25, 0.3) is 0 Å². The van der Waals surface area contributed by atoms with E-state index in [1.54, 1.807) is 7.11 Å². The van der Waals surface area contributed by atoms with Gasteiger partial charge in [-0.25, -0.2) is 0 Å². The van der Waals surface area contributed by atoms with Crippen molar-refractivity contribution in [3.63, 3.8) is 0 Å². The van der Waals surface area contributed by atoms with Crippen molar-refractivity contribution in [2.45, 2.75) is 70.9 Å². The zero-order valence-corrected chi connectivity index (χ0v) is 13.8. The van der Waals surface area contributed by atoms with Crippen molar-refractivity contribution < 1.29 is 9.26 Å². The van der Waals surface area contributed by atoms with Crippen molar-refractivity contribution in [3.05, 3.63) is 11.7 Å². The zero-order valence-electron chi connectivity index (χ0n) is 13.8. The number of methoxy groups -OCH3 is 1. The Balaban J connectivity index is 2.04. The Labute approximate surface area is 127 Å². The van der Waals surface area contributed by atoms with Crippen molar-refractivity contribution in [2.75, 3.05) is 13.7 Å². The van der Waals surface area contributed by atoms with Gasteiger partial charge < -0.3 is 14.6 Å². The van der Waals surface area contributed by atoms with Crippen LogP contribution in [0.1, 0.15) is 64.6 Å². The molecule has 1 aliphatic carbocycles. The standard InChI is InChI=1S/C16H29N3O2/c1-5-17-13(10-12(2)3)11-14-18-15(19-21-14)16(20-4)8-6-7-9-16/h12-13,17H,5-11H2,1-4H3. The average Bonchev–Trinajstić information content (AvgIpc) is 3.07. The maximum absolute atomic E-state index is 5.71. The Bertz CT molecular complexity index is 425. The molecule has 1 unspecified atom stereocenters. The first-order chi connectivity index (χ1) is 10.1. The van der Waals surface area contributed by atoms with Gasteiger partial charge in [0.15, 0.2) is 0 Å². The lowest BCUT2D eigenvalue weighted by molar-refractivity contribution is -0.0178. The molecular weight excluding hydrogens is 266 g/mol. The molecule has 21 heavy (non-hydrogen) atoms. The molecule has 0 amide bonds. The van der Waals surface area contributed by atoms with Crippen LogP contribution >= 0.6 is 0 Å². The summed E-state index contributed by atoms with van der Waals surface area (Å²) in [5, 5.41) is 7.70. The molecule has 0 bridgehead atoms. The first-order valence-corrected chi connectivity index (χ1v) is 8.21. The van der Waals surface area contributed by atoms with Gasteiger partial charge in [-0.2, -0.15) is 4.98 Å². The molecule has 0 aliphatic heterocycles. The predicted molar refractivity (Wildman–Crippen MR) is 82.1 cm³/mol. The van der Waals surface area contributed by atoms with E-state index >= 15 is 0 Å². The second-order valence-corrected chi connectivity index (χ2v) is 6.51. The number of aromatic nitrogens is 2. The summed E-state index contributed by atoms with van der Waals surface area (Å²) in [5.41, 5.74) is -0.312. The van der Waals surface area contributed by atoms with Crippen LogP contribution in [0.5, 0.6) is 0 Å². The van der Waals surface area contributed by atoms with E-state index in [1.165, 1.54) is 12.8 Å². The normalized spacial score (nSPS) is 19.3. The summed E-state index contributed by atoms with van der Waals surface area (Å²) in [7, 11) is 1.75. The molecule has 1 fully saturated rings. The molecular formula is C16H29N3O2. The lowest BCUT2D eigenvalue weighted by atomic mass is 10.0. The van der Waals surface area contributed by atoms with Gasteiger partial charge in [-0.3, -0.25) is 0 Å². The van der Waals surface area contributed by atoms with Gasteiger partial charge in [-0.05, 0) is 44.6 Å². The number of nitrogens with zero attached hydrogens (tertiary/aromatic N) is 2. The van der Waals surface area contributed by atoms with Crippen LogP contribution in [0, 0.1) is 5.92 Å². The van der Waals surface area contributed by atoms with E-state index in [0.29, 0.717) is 12.0 Å². The van der Waals surface area contributed by atoms with E-state index in [0.717, 1.165) is 43.9 Å². The topological polar surface area (TPSA) is 60.2 Å². The Hall–Kier alpha value is -0.940. The molecule has 0 radical (unpaired) electrons. The Morgan fingerprint density at radius 1 is 1.33 bits per heavy atom. The van der Waals surface area contributed by atoms with Gasteiger partial charge in [-0.15, -0.1) is 0 Å². The second kappa shape index (κ2) is 7.36. The largest absolute Gasteiger partial charge is 0.370 e. The molecule has 1 aromatic heterocycles. The highest BCUT2D eigenvalue weighted by atomic mass is 16.5. The summed E-state index contributed by atoms with van der Waals surface area (Å²) in [6.45, 7) is 7.56. The summed E-state index contributed by atoms with van der Waals surface area (Å²) in [6, 6.07) is 0.394. The van der Waals surface area contributed by atoms with Crippen LogP contribution in [0.3, 0.4) is 0 Å². The predicted octanol–water partition coefficient (Wildman–Crippen LogP) is 3.05. The summed E-state index contributed by atoms with van der Waals surface area (Å²) in [4.78, 5) is 4.62. The van der Waals surface area contributed by atoms with Crippen molar-refractivity contribution in [1.29, 1.82) is 0 Å². The van der Waals surface area contributed by atoms with Gasteiger partial charge in [-0.1, -0.05) is 25.9 Å².